The normalized spacial score (nSPS) is 21.7. The fourth-order valence-corrected chi connectivity index (χ4v) is 2.07. The largest absolute Gasteiger partial charge is 0.310 e. The van der Waals surface area contributed by atoms with E-state index in [1.54, 1.807) is 0 Å². The van der Waals surface area contributed by atoms with Gasteiger partial charge < -0.3 is 5.32 Å². The van der Waals surface area contributed by atoms with E-state index in [0.29, 0.717) is 5.56 Å². The van der Waals surface area contributed by atoms with Gasteiger partial charge in [-0.15, -0.1) is 0 Å². The van der Waals surface area contributed by atoms with Crippen molar-refractivity contribution in [2.24, 2.45) is 0 Å². The maximum atomic E-state index is 13.5. The molecule has 1 aliphatic heterocycles. The third-order valence-corrected chi connectivity index (χ3v) is 3.01. The van der Waals surface area contributed by atoms with Gasteiger partial charge in [0, 0.05) is 11.6 Å². The molecule has 1 aromatic rings. The fraction of sp³-hybridized carbons (Fsp3) is 0.455. The molecule has 0 saturated carbocycles. The van der Waals surface area contributed by atoms with Gasteiger partial charge in [-0.1, -0.05) is 18.0 Å². The number of hydrogen-bond donors (Lipinski definition) is 1. The average Bonchev–Trinajstić information content (AvgIpc) is 2.25. The molecule has 0 aliphatic carbocycles. The van der Waals surface area contributed by atoms with Crippen LogP contribution in [0.5, 0.6) is 0 Å². The van der Waals surface area contributed by atoms with Crippen LogP contribution in [0.25, 0.3) is 0 Å². The SMILES string of the molecule is Fc1cc(C2CCCCN2)c(F)cc1Cl. The van der Waals surface area contributed by atoms with Crippen molar-refractivity contribution in [2.75, 3.05) is 6.54 Å². The predicted octanol–water partition coefficient (Wildman–Crippen LogP) is 3.43. The summed E-state index contributed by atoms with van der Waals surface area (Å²) < 4.78 is 26.7. The second-order valence-corrected chi connectivity index (χ2v) is 4.20. The number of rotatable bonds is 1. The van der Waals surface area contributed by atoms with Crippen LogP contribution in [-0.2, 0) is 0 Å². The van der Waals surface area contributed by atoms with Crippen molar-refractivity contribution in [1.29, 1.82) is 0 Å². The highest BCUT2D eigenvalue weighted by atomic mass is 35.5. The van der Waals surface area contributed by atoms with Crippen molar-refractivity contribution in [2.45, 2.75) is 25.3 Å². The Morgan fingerprint density at radius 1 is 1.20 bits per heavy atom. The van der Waals surface area contributed by atoms with Gasteiger partial charge in [0.05, 0.1) is 5.02 Å². The summed E-state index contributed by atoms with van der Waals surface area (Å²) in [4.78, 5) is 0. The van der Waals surface area contributed by atoms with E-state index >= 15 is 0 Å². The standard InChI is InChI=1S/C11H12ClF2N/c12-8-6-9(13)7(5-10(8)14)11-3-1-2-4-15-11/h5-6,11,15H,1-4H2. The van der Waals surface area contributed by atoms with Crippen LogP contribution in [0.3, 0.4) is 0 Å². The molecule has 1 heterocycles. The van der Waals surface area contributed by atoms with Gasteiger partial charge in [-0.2, -0.15) is 0 Å². The lowest BCUT2D eigenvalue weighted by molar-refractivity contribution is 0.398. The molecule has 15 heavy (non-hydrogen) atoms. The van der Waals surface area contributed by atoms with Crippen LogP contribution in [0, 0.1) is 11.6 Å². The monoisotopic (exact) mass is 231 g/mol. The van der Waals surface area contributed by atoms with Gasteiger partial charge >= 0.3 is 0 Å². The first-order chi connectivity index (χ1) is 7.18. The summed E-state index contributed by atoms with van der Waals surface area (Å²) in [6.07, 6.45) is 2.98. The Kier molecular flexibility index (Phi) is 3.22. The van der Waals surface area contributed by atoms with E-state index in [2.05, 4.69) is 5.32 Å². The molecule has 1 fully saturated rings. The van der Waals surface area contributed by atoms with Crippen molar-refractivity contribution in [3.8, 4) is 0 Å². The Balaban J connectivity index is 2.30. The van der Waals surface area contributed by atoms with Crippen molar-refractivity contribution >= 4 is 11.6 Å². The van der Waals surface area contributed by atoms with Gasteiger partial charge in [0.2, 0.25) is 0 Å². The number of nitrogens with one attached hydrogen (secondary N) is 1. The Morgan fingerprint density at radius 2 is 2.00 bits per heavy atom. The molecule has 4 heteroatoms. The van der Waals surface area contributed by atoms with E-state index in [1.807, 2.05) is 0 Å². The minimum absolute atomic E-state index is 0.0782. The maximum Gasteiger partial charge on any atom is 0.142 e. The molecule has 0 aromatic heterocycles. The summed E-state index contributed by atoms with van der Waals surface area (Å²) in [7, 11) is 0. The van der Waals surface area contributed by atoms with Crippen molar-refractivity contribution in [1.82, 2.24) is 5.32 Å². The number of benzene rings is 1. The van der Waals surface area contributed by atoms with Crippen LogP contribution in [0.2, 0.25) is 5.02 Å². The highest BCUT2D eigenvalue weighted by Gasteiger charge is 2.19. The molecule has 0 spiro atoms. The molecule has 2 rings (SSSR count). The van der Waals surface area contributed by atoms with E-state index < -0.39 is 11.6 Å². The Hall–Kier alpha value is -0.670. The summed E-state index contributed by atoms with van der Waals surface area (Å²) in [5.74, 6) is -0.985. The van der Waals surface area contributed by atoms with E-state index in [1.165, 1.54) is 6.07 Å². The lowest BCUT2D eigenvalue weighted by Gasteiger charge is -2.24. The van der Waals surface area contributed by atoms with Crippen LogP contribution in [0.4, 0.5) is 8.78 Å². The molecule has 1 nitrogen and oxygen atoms in total. The van der Waals surface area contributed by atoms with Gasteiger partial charge in [-0.05, 0) is 31.5 Å². The van der Waals surface area contributed by atoms with Crippen molar-refractivity contribution < 1.29 is 8.78 Å². The van der Waals surface area contributed by atoms with E-state index in [4.69, 9.17) is 11.6 Å². The number of halogens is 3. The van der Waals surface area contributed by atoms with Gasteiger partial charge in [0.15, 0.2) is 0 Å². The first-order valence-electron chi connectivity index (χ1n) is 5.06. The molecule has 0 radical (unpaired) electrons. The summed E-state index contributed by atoms with van der Waals surface area (Å²) in [5, 5.41) is 3.01. The highest BCUT2D eigenvalue weighted by Crippen LogP contribution is 2.28. The zero-order valence-electron chi connectivity index (χ0n) is 8.19. The molecular weight excluding hydrogens is 220 g/mol. The Bertz CT molecular complexity index is 362. The molecular formula is C11H12ClF2N. The van der Waals surface area contributed by atoms with Gasteiger partial charge in [0.25, 0.3) is 0 Å². The zero-order valence-corrected chi connectivity index (χ0v) is 8.95. The molecule has 1 N–H and O–H groups in total. The first kappa shape index (κ1) is 10.8. The van der Waals surface area contributed by atoms with Crippen LogP contribution in [0.1, 0.15) is 30.9 Å². The summed E-state index contributed by atoms with van der Waals surface area (Å²) in [6.45, 7) is 0.856. The summed E-state index contributed by atoms with van der Waals surface area (Å²) in [6, 6.07) is 2.16. The third kappa shape index (κ3) is 2.29. The lowest BCUT2D eigenvalue weighted by Crippen LogP contribution is -2.27. The van der Waals surface area contributed by atoms with Crippen LogP contribution in [0.15, 0.2) is 12.1 Å². The fourth-order valence-electron chi connectivity index (χ4n) is 1.92. The molecule has 1 saturated heterocycles. The average molecular weight is 232 g/mol. The van der Waals surface area contributed by atoms with Gasteiger partial charge in [-0.25, -0.2) is 8.78 Å². The highest BCUT2D eigenvalue weighted by molar-refractivity contribution is 6.30. The molecule has 1 aliphatic rings. The predicted molar refractivity (Wildman–Crippen MR) is 56.0 cm³/mol. The molecule has 0 bridgehead atoms. The second kappa shape index (κ2) is 4.45. The molecule has 82 valence electrons. The summed E-state index contributed by atoms with van der Waals surface area (Å²) in [5.41, 5.74) is 0.386. The smallest absolute Gasteiger partial charge is 0.142 e. The van der Waals surface area contributed by atoms with Crippen molar-refractivity contribution in [3.05, 3.63) is 34.4 Å². The molecule has 1 atom stereocenters. The van der Waals surface area contributed by atoms with Gasteiger partial charge in [-0.3, -0.25) is 0 Å². The zero-order chi connectivity index (χ0) is 10.8. The Labute approximate surface area is 92.4 Å². The number of piperidine rings is 1. The summed E-state index contributed by atoms with van der Waals surface area (Å²) >= 11 is 5.49. The first-order valence-corrected chi connectivity index (χ1v) is 5.44. The van der Waals surface area contributed by atoms with Crippen LogP contribution < -0.4 is 5.32 Å². The minimum atomic E-state index is -0.555. The van der Waals surface area contributed by atoms with Crippen molar-refractivity contribution in [3.63, 3.8) is 0 Å². The quantitative estimate of drug-likeness (QED) is 0.731. The lowest BCUT2D eigenvalue weighted by atomic mass is 9.97. The molecule has 1 aromatic carbocycles. The van der Waals surface area contributed by atoms with Crippen LogP contribution >= 0.6 is 11.6 Å². The van der Waals surface area contributed by atoms with E-state index in [-0.39, 0.29) is 11.1 Å². The topological polar surface area (TPSA) is 12.0 Å². The Morgan fingerprint density at radius 3 is 2.67 bits per heavy atom. The molecule has 0 amide bonds. The maximum absolute atomic E-state index is 13.5. The van der Waals surface area contributed by atoms with Gasteiger partial charge in [0.1, 0.15) is 11.6 Å². The van der Waals surface area contributed by atoms with E-state index in [9.17, 15) is 8.78 Å². The molecule has 1 unspecified atom stereocenters. The number of hydrogen-bond acceptors (Lipinski definition) is 1. The van der Waals surface area contributed by atoms with E-state index in [0.717, 1.165) is 31.9 Å². The minimum Gasteiger partial charge on any atom is -0.310 e. The van der Waals surface area contributed by atoms with Crippen LogP contribution in [-0.4, -0.2) is 6.54 Å². The third-order valence-electron chi connectivity index (χ3n) is 2.73. The second-order valence-electron chi connectivity index (χ2n) is 3.79.